The van der Waals surface area contributed by atoms with E-state index >= 15 is 0 Å². The number of hydrogen-bond acceptors (Lipinski definition) is 5. The van der Waals surface area contributed by atoms with E-state index in [1.165, 1.54) is 23.4 Å². The second-order valence-corrected chi connectivity index (χ2v) is 8.54. The van der Waals surface area contributed by atoms with Crippen molar-refractivity contribution in [2.45, 2.75) is 31.2 Å². The van der Waals surface area contributed by atoms with Gasteiger partial charge in [0.05, 0.1) is 19.1 Å². The molecule has 150 valence electrons. The van der Waals surface area contributed by atoms with Gasteiger partial charge in [0, 0.05) is 25.2 Å². The zero-order chi connectivity index (χ0) is 20.5. The van der Waals surface area contributed by atoms with E-state index in [4.69, 9.17) is 9.47 Å². The van der Waals surface area contributed by atoms with Gasteiger partial charge in [-0.15, -0.1) is 0 Å². The smallest absolute Gasteiger partial charge is 0.243 e. The minimum absolute atomic E-state index is 0.192. The number of benzene rings is 2. The molecule has 0 aliphatic carbocycles. The molecule has 2 aromatic carbocycles. The van der Waals surface area contributed by atoms with Crippen LogP contribution in [0.5, 0.6) is 11.5 Å². The van der Waals surface area contributed by atoms with Crippen LogP contribution < -0.4 is 14.8 Å². The topological polar surface area (TPSA) is 84.9 Å². The third-order valence-corrected chi connectivity index (χ3v) is 6.89. The monoisotopic (exact) mass is 404 g/mol. The van der Waals surface area contributed by atoms with Crippen molar-refractivity contribution in [2.24, 2.45) is 0 Å². The Balaban J connectivity index is 1.93. The number of rotatable bonds is 5. The van der Waals surface area contributed by atoms with E-state index in [0.29, 0.717) is 30.2 Å². The maximum absolute atomic E-state index is 13.2. The van der Waals surface area contributed by atoms with Gasteiger partial charge in [-0.3, -0.25) is 4.79 Å². The Morgan fingerprint density at radius 2 is 1.71 bits per heavy atom. The number of carbonyl (C=O) groups is 1. The van der Waals surface area contributed by atoms with Gasteiger partial charge in [0.25, 0.3) is 0 Å². The molecule has 1 amide bonds. The molecule has 1 aliphatic heterocycles. The Morgan fingerprint density at radius 1 is 1.11 bits per heavy atom. The predicted molar refractivity (Wildman–Crippen MR) is 106 cm³/mol. The molecule has 28 heavy (non-hydrogen) atoms. The summed E-state index contributed by atoms with van der Waals surface area (Å²) in [6.45, 7) is 3.65. The second-order valence-electron chi connectivity index (χ2n) is 6.65. The number of sulfonamides is 1. The van der Waals surface area contributed by atoms with Crippen LogP contribution in [0.15, 0.2) is 41.3 Å². The molecule has 0 saturated carbocycles. The van der Waals surface area contributed by atoms with Crippen LogP contribution in [-0.4, -0.2) is 39.4 Å². The normalized spacial score (nSPS) is 16.9. The molecule has 8 heteroatoms. The van der Waals surface area contributed by atoms with E-state index in [1.807, 2.05) is 19.1 Å². The van der Waals surface area contributed by atoms with Crippen molar-refractivity contribution in [3.63, 3.8) is 0 Å². The average molecular weight is 404 g/mol. The molecular formula is C20H24N2O5S. The molecule has 1 heterocycles. The first-order valence-electron chi connectivity index (χ1n) is 8.92. The molecule has 1 unspecified atom stereocenters. The Hall–Kier alpha value is -2.58. The Kier molecular flexibility index (Phi) is 5.62. The number of carbonyl (C=O) groups excluding carboxylic acids is 1. The lowest BCUT2D eigenvalue weighted by molar-refractivity contribution is -0.114. The van der Waals surface area contributed by atoms with Crippen molar-refractivity contribution < 1.29 is 22.7 Å². The summed E-state index contributed by atoms with van der Waals surface area (Å²) in [5.41, 5.74) is 2.51. The Morgan fingerprint density at radius 3 is 2.29 bits per heavy atom. The molecule has 1 atom stereocenters. The van der Waals surface area contributed by atoms with Gasteiger partial charge in [-0.2, -0.15) is 4.31 Å². The maximum atomic E-state index is 13.2. The highest BCUT2D eigenvalue weighted by atomic mass is 32.2. The van der Waals surface area contributed by atoms with Crippen LogP contribution in [0, 0.1) is 0 Å². The number of amides is 1. The molecular weight excluding hydrogens is 380 g/mol. The van der Waals surface area contributed by atoms with Crippen molar-refractivity contribution in [3.05, 3.63) is 47.5 Å². The highest BCUT2D eigenvalue weighted by molar-refractivity contribution is 7.89. The fraction of sp³-hybridized carbons (Fsp3) is 0.350. The first-order valence-corrected chi connectivity index (χ1v) is 10.4. The second kappa shape index (κ2) is 7.81. The number of anilines is 1. The number of methoxy groups -OCH3 is 2. The maximum Gasteiger partial charge on any atom is 0.243 e. The van der Waals surface area contributed by atoms with Crippen molar-refractivity contribution >= 4 is 21.6 Å². The molecule has 2 aromatic rings. The summed E-state index contributed by atoms with van der Waals surface area (Å²) < 4.78 is 38.6. The van der Waals surface area contributed by atoms with Crippen LogP contribution in [0.1, 0.15) is 31.0 Å². The lowest BCUT2D eigenvalue weighted by Gasteiger charge is -2.34. The fourth-order valence-corrected chi connectivity index (χ4v) is 5.11. The van der Waals surface area contributed by atoms with Gasteiger partial charge in [-0.25, -0.2) is 8.42 Å². The van der Waals surface area contributed by atoms with Crippen LogP contribution in [-0.2, 0) is 21.2 Å². The highest BCUT2D eigenvalue weighted by Gasteiger charge is 2.34. The van der Waals surface area contributed by atoms with E-state index in [2.05, 4.69) is 5.32 Å². The summed E-state index contributed by atoms with van der Waals surface area (Å²) in [5.74, 6) is 1.01. The van der Waals surface area contributed by atoms with Crippen molar-refractivity contribution in [1.29, 1.82) is 0 Å². The number of ether oxygens (including phenoxy) is 2. The van der Waals surface area contributed by atoms with Crippen molar-refractivity contribution in [3.8, 4) is 11.5 Å². The van der Waals surface area contributed by atoms with Crippen LogP contribution in [0.2, 0.25) is 0 Å². The molecule has 1 N–H and O–H groups in total. The van der Waals surface area contributed by atoms with Gasteiger partial charge in [0.2, 0.25) is 15.9 Å². The van der Waals surface area contributed by atoms with E-state index in [9.17, 15) is 13.2 Å². The first kappa shape index (κ1) is 20.2. The number of fused-ring (bicyclic) bond motifs is 1. The molecule has 3 rings (SSSR count). The summed E-state index contributed by atoms with van der Waals surface area (Å²) >= 11 is 0. The molecule has 0 aromatic heterocycles. The van der Waals surface area contributed by atoms with Gasteiger partial charge in [-0.1, -0.05) is 0 Å². The van der Waals surface area contributed by atoms with Gasteiger partial charge in [0.1, 0.15) is 0 Å². The summed E-state index contributed by atoms with van der Waals surface area (Å²) in [4.78, 5) is 11.3. The molecule has 0 bridgehead atoms. The molecule has 7 nitrogen and oxygen atoms in total. The first-order chi connectivity index (χ1) is 13.3. The molecule has 1 aliphatic rings. The average Bonchev–Trinajstić information content (AvgIpc) is 2.67. The zero-order valence-electron chi connectivity index (χ0n) is 16.4. The summed E-state index contributed by atoms with van der Waals surface area (Å²) in [5, 5.41) is 2.64. The van der Waals surface area contributed by atoms with Crippen LogP contribution in [0.4, 0.5) is 5.69 Å². The minimum Gasteiger partial charge on any atom is -0.493 e. The van der Waals surface area contributed by atoms with Crippen LogP contribution >= 0.6 is 0 Å². The lowest BCUT2D eigenvalue weighted by Crippen LogP contribution is -2.38. The largest absolute Gasteiger partial charge is 0.493 e. The standard InChI is InChI=1S/C20H24N2O5S/c1-13-18-12-20(27-4)19(26-3)11-15(18)9-10-22(13)28(24,25)17-7-5-16(6-8-17)21-14(2)23/h5-8,11-13H,9-10H2,1-4H3,(H,21,23). The lowest BCUT2D eigenvalue weighted by atomic mass is 9.94. The third-order valence-electron chi connectivity index (χ3n) is 4.91. The molecule has 0 spiro atoms. The minimum atomic E-state index is -3.69. The molecule has 0 saturated heterocycles. The van der Waals surface area contributed by atoms with Crippen LogP contribution in [0.25, 0.3) is 0 Å². The number of nitrogens with zero attached hydrogens (tertiary/aromatic N) is 1. The van der Waals surface area contributed by atoms with Gasteiger partial charge >= 0.3 is 0 Å². The SMILES string of the molecule is COc1cc2c(cc1OC)C(C)N(S(=O)(=O)c1ccc(NC(C)=O)cc1)CC2. The third kappa shape index (κ3) is 3.70. The number of hydrogen-bond donors (Lipinski definition) is 1. The Labute approximate surface area is 165 Å². The van der Waals surface area contributed by atoms with Crippen LogP contribution in [0.3, 0.4) is 0 Å². The summed E-state index contributed by atoms with van der Waals surface area (Å²) in [7, 11) is -0.546. The van der Waals surface area contributed by atoms with E-state index < -0.39 is 10.0 Å². The zero-order valence-corrected chi connectivity index (χ0v) is 17.2. The molecule has 0 radical (unpaired) electrons. The highest BCUT2D eigenvalue weighted by Crippen LogP contribution is 2.39. The predicted octanol–water partition coefficient (Wildman–Crippen LogP) is 2.97. The van der Waals surface area contributed by atoms with E-state index in [0.717, 1.165) is 11.1 Å². The van der Waals surface area contributed by atoms with E-state index in [1.54, 1.807) is 26.4 Å². The molecule has 0 fully saturated rings. The van der Waals surface area contributed by atoms with Crippen molar-refractivity contribution in [2.75, 3.05) is 26.1 Å². The van der Waals surface area contributed by atoms with Gasteiger partial charge in [0.15, 0.2) is 11.5 Å². The fourth-order valence-electron chi connectivity index (χ4n) is 3.50. The van der Waals surface area contributed by atoms with Gasteiger partial charge < -0.3 is 14.8 Å². The summed E-state index contributed by atoms with van der Waals surface area (Å²) in [6.07, 6.45) is 0.587. The van der Waals surface area contributed by atoms with Crippen molar-refractivity contribution in [1.82, 2.24) is 4.31 Å². The Bertz CT molecular complexity index is 986. The number of nitrogens with one attached hydrogen (secondary N) is 1. The van der Waals surface area contributed by atoms with Gasteiger partial charge in [-0.05, 0) is 60.9 Å². The summed E-state index contributed by atoms with van der Waals surface area (Å²) in [6, 6.07) is 9.62. The van der Waals surface area contributed by atoms with E-state index in [-0.39, 0.29) is 16.8 Å². The quantitative estimate of drug-likeness (QED) is 0.828.